The molecule has 4 rings (SSSR count). The number of ether oxygens (including phenoxy) is 2. The number of benzene rings is 3. The maximum Gasteiger partial charge on any atom is 0.343 e. The third kappa shape index (κ3) is 4.86. The van der Waals surface area contributed by atoms with Gasteiger partial charge in [0.2, 0.25) is 0 Å². The van der Waals surface area contributed by atoms with E-state index in [0.29, 0.717) is 28.4 Å². The number of esters is 1. The first kappa shape index (κ1) is 22.8. The van der Waals surface area contributed by atoms with Crippen LogP contribution in [0.5, 0.6) is 11.5 Å². The van der Waals surface area contributed by atoms with Gasteiger partial charge in [0.05, 0.1) is 18.4 Å². The summed E-state index contributed by atoms with van der Waals surface area (Å²) in [4.78, 5) is 38.8. The molecular weight excluding hydrogens is 559 g/mol. The maximum atomic E-state index is 12.9. The number of amides is 2. The van der Waals surface area contributed by atoms with Crippen LogP contribution in [0.1, 0.15) is 10.4 Å². The zero-order chi connectivity index (χ0) is 23.5. The van der Waals surface area contributed by atoms with Crippen LogP contribution in [0, 0.1) is 3.57 Å². The third-order valence-electron chi connectivity index (χ3n) is 4.77. The van der Waals surface area contributed by atoms with E-state index in [1.165, 1.54) is 7.11 Å². The zero-order valence-corrected chi connectivity index (χ0v) is 20.1. The van der Waals surface area contributed by atoms with Gasteiger partial charge in [0, 0.05) is 9.26 Å². The molecule has 0 atom stereocenters. The Kier molecular flexibility index (Phi) is 6.66. The van der Waals surface area contributed by atoms with Crippen LogP contribution in [-0.4, -0.2) is 24.9 Å². The first-order valence-electron chi connectivity index (χ1n) is 9.65. The van der Waals surface area contributed by atoms with Crippen molar-refractivity contribution < 1.29 is 23.9 Å². The number of methoxy groups -OCH3 is 1. The summed E-state index contributed by atoms with van der Waals surface area (Å²) in [5.74, 6) is -0.702. The predicted molar refractivity (Wildman–Crippen MR) is 133 cm³/mol. The van der Waals surface area contributed by atoms with Gasteiger partial charge in [0.15, 0.2) is 0 Å². The molecule has 0 saturated heterocycles. The average molecular weight is 575 g/mol. The highest BCUT2D eigenvalue weighted by molar-refractivity contribution is 14.1. The Balaban J connectivity index is 1.46. The number of carbonyl (C=O) groups is 3. The van der Waals surface area contributed by atoms with E-state index >= 15 is 0 Å². The normalized spacial score (nSPS) is 13.4. The molecule has 0 spiro atoms. The van der Waals surface area contributed by atoms with Crippen molar-refractivity contribution in [3.05, 3.63) is 92.7 Å². The summed E-state index contributed by atoms with van der Waals surface area (Å²) in [6, 6.07) is 19.8. The van der Waals surface area contributed by atoms with E-state index in [-0.39, 0.29) is 10.7 Å². The van der Waals surface area contributed by atoms with Crippen LogP contribution in [0.25, 0.3) is 0 Å². The fraction of sp³-hybridized carbons (Fsp3) is 0.0417. The van der Waals surface area contributed by atoms with Crippen molar-refractivity contribution in [3.8, 4) is 11.5 Å². The fourth-order valence-electron chi connectivity index (χ4n) is 3.08. The number of hydrogen-bond acceptors (Lipinski definition) is 6. The number of hydrogen-bond donors (Lipinski definition) is 1. The van der Waals surface area contributed by atoms with E-state index in [4.69, 9.17) is 21.1 Å². The maximum absolute atomic E-state index is 12.9. The average Bonchev–Trinajstić information content (AvgIpc) is 3.04. The molecule has 0 unspecified atom stereocenters. The Morgan fingerprint density at radius 3 is 2.09 bits per heavy atom. The Hall–Kier alpha value is -3.37. The SMILES string of the molecule is COc1ccc(N2C(=O)C(Cl)=C(Nc3ccc(C(=O)Oc4ccc(I)cc4)cc3)C2=O)cc1. The molecule has 166 valence electrons. The lowest BCUT2D eigenvalue weighted by Crippen LogP contribution is -2.32. The smallest absolute Gasteiger partial charge is 0.343 e. The summed E-state index contributed by atoms with van der Waals surface area (Å²) in [7, 11) is 1.52. The Bertz CT molecular complexity index is 1260. The van der Waals surface area contributed by atoms with Gasteiger partial charge in [-0.25, -0.2) is 9.69 Å². The van der Waals surface area contributed by atoms with Gasteiger partial charge in [-0.2, -0.15) is 0 Å². The molecule has 0 saturated carbocycles. The van der Waals surface area contributed by atoms with Gasteiger partial charge in [0.1, 0.15) is 22.2 Å². The van der Waals surface area contributed by atoms with Crippen LogP contribution < -0.4 is 19.7 Å². The first-order chi connectivity index (χ1) is 15.9. The minimum atomic E-state index is -0.632. The van der Waals surface area contributed by atoms with Gasteiger partial charge in [-0.3, -0.25) is 9.59 Å². The van der Waals surface area contributed by atoms with Crippen molar-refractivity contribution in [2.45, 2.75) is 0 Å². The predicted octanol–water partition coefficient (Wildman–Crippen LogP) is 4.95. The highest BCUT2D eigenvalue weighted by Crippen LogP contribution is 2.31. The van der Waals surface area contributed by atoms with E-state index in [1.54, 1.807) is 60.7 Å². The third-order valence-corrected chi connectivity index (χ3v) is 5.84. The van der Waals surface area contributed by atoms with Crippen LogP contribution >= 0.6 is 34.2 Å². The van der Waals surface area contributed by atoms with E-state index in [2.05, 4.69) is 27.9 Å². The molecule has 0 radical (unpaired) electrons. The lowest BCUT2D eigenvalue weighted by atomic mass is 10.2. The number of rotatable bonds is 6. The Morgan fingerprint density at radius 2 is 1.48 bits per heavy atom. The molecule has 1 aliphatic heterocycles. The van der Waals surface area contributed by atoms with Crippen molar-refractivity contribution in [1.29, 1.82) is 0 Å². The van der Waals surface area contributed by atoms with Crippen LogP contribution in [-0.2, 0) is 9.59 Å². The number of nitrogens with one attached hydrogen (secondary N) is 1. The quantitative estimate of drug-likeness (QED) is 0.194. The van der Waals surface area contributed by atoms with Crippen LogP contribution in [0.15, 0.2) is 83.5 Å². The molecule has 1 aliphatic rings. The number of anilines is 2. The van der Waals surface area contributed by atoms with Gasteiger partial charge in [-0.15, -0.1) is 0 Å². The first-order valence-corrected chi connectivity index (χ1v) is 11.1. The molecule has 0 fully saturated rings. The second-order valence-corrected chi connectivity index (χ2v) is 8.50. The van der Waals surface area contributed by atoms with Gasteiger partial charge >= 0.3 is 5.97 Å². The van der Waals surface area contributed by atoms with Crippen molar-refractivity contribution in [1.82, 2.24) is 0 Å². The van der Waals surface area contributed by atoms with Crippen molar-refractivity contribution in [2.75, 3.05) is 17.3 Å². The second-order valence-electron chi connectivity index (χ2n) is 6.88. The molecule has 2 amide bonds. The summed E-state index contributed by atoms with van der Waals surface area (Å²) in [5.41, 5.74) is 1.13. The number of carbonyl (C=O) groups excluding carboxylic acids is 3. The molecule has 9 heteroatoms. The lowest BCUT2D eigenvalue weighted by molar-refractivity contribution is -0.120. The number of nitrogens with zero attached hydrogens (tertiary/aromatic N) is 1. The highest BCUT2D eigenvalue weighted by atomic mass is 127. The lowest BCUT2D eigenvalue weighted by Gasteiger charge is -2.15. The van der Waals surface area contributed by atoms with Crippen molar-refractivity contribution in [3.63, 3.8) is 0 Å². The molecule has 3 aromatic rings. The zero-order valence-electron chi connectivity index (χ0n) is 17.2. The van der Waals surface area contributed by atoms with Gasteiger partial charge in [0.25, 0.3) is 11.8 Å². The van der Waals surface area contributed by atoms with Gasteiger partial charge in [-0.1, -0.05) is 11.6 Å². The molecule has 0 aromatic heterocycles. The van der Waals surface area contributed by atoms with E-state index in [0.717, 1.165) is 8.47 Å². The summed E-state index contributed by atoms with van der Waals surface area (Å²) in [5, 5.41) is 2.65. The molecule has 1 heterocycles. The molecule has 3 aromatic carbocycles. The van der Waals surface area contributed by atoms with Crippen molar-refractivity contribution in [2.24, 2.45) is 0 Å². The Morgan fingerprint density at radius 1 is 0.879 bits per heavy atom. The minimum Gasteiger partial charge on any atom is -0.497 e. The molecule has 7 nitrogen and oxygen atoms in total. The molecular formula is C24H16ClIN2O5. The van der Waals surface area contributed by atoms with Gasteiger partial charge < -0.3 is 14.8 Å². The minimum absolute atomic E-state index is 0.0494. The second kappa shape index (κ2) is 9.63. The van der Waals surface area contributed by atoms with Crippen LogP contribution in [0.3, 0.4) is 0 Å². The van der Waals surface area contributed by atoms with E-state index < -0.39 is 17.8 Å². The summed E-state index contributed by atoms with van der Waals surface area (Å²) >= 11 is 8.33. The van der Waals surface area contributed by atoms with E-state index in [9.17, 15) is 14.4 Å². The monoisotopic (exact) mass is 574 g/mol. The fourth-order valence-corrected chi connectivity index (χ4v) is 3.65. The number of imide groups is 1. The van der Waals surface area contributed by atoms with Crippen LogP contribution in [0.2, 0.25) is 0 Å². The highest BCUT2D eigenvalue weighted by Gasteiger charge is 2.39. The Labute approximate surface area is 208 Å². The molecule has 0 aliphatic carbocycles. The number of halogens is 2. The summed E-state index contributed by atoms with van der Waals surface area (Å²) < 4.78 is 11.5. The van der Waals surface area contributed by atoms with Gasteiger partial charge in [-0.05, 0) is 95.4 Å². The standard InChI is InChI=1S/C24H16ClIN2O5/c1-32-18-12-8-17(9-13-18)28-22(29)20(25)21(23(28)30)27-16-6-2-14(3-7-16)24(31)33-19-10-4-15(26)5-11-19/h2-13,27H,1H3. The summed E-state index contributed by atoms with van der Waals surface area (Å²) in [6.07, 6.45) is 0. The van der Waals surface area contributed by atoms with Crippen LogP contribution in [0.4, 0.5) is 11.4 Å². The van der Waals surface area contributed by atoms with E-state index in [1.807, 2.05) is 12.1 Å². The molecule has 33 heavy (non-hydrogen) atoms. The van der Waals surface area contributed by atoms with Crippen molar-refractivity contribution >= 4 is 63.4 Å². The molecule has 0 bridgehead atoms. The topological polar surface area (TPSA) is 84.9 Å². The summed E-state index contributed by atoms with van der Waals surface area (Å²) in [6.45, 7) is 0. The molecule has 1 N–H and O–H groups in total. The largest absolute Gasteiger partial charge is 0.497 e.